The molecule has 0 aromatic heterocycles. The van der Waals surface area contributed by atoms with Crippen LogP contribution in [0, 0.1) is 12.7 Å². The molecule has 1 aromatic rings. The molecule has 0 radical (unpaired) electrons. The number of benzene rings is 1. The van der Waals surface area contributed by atoms with E-state index in [-0.39, 0.29) is 17.9 Å². The zero-order valence-electron chi connectivity index (χ0n) is 12.7. The standard InChI is InChI=1S/C16H22FNO3/c1-4-20-15(19)16(5-6-21-12(3)10-16)18-14-8-11(2)7-13(17)9-14/h7-9,12,18H,4-6,10H2,1-3H3. The number of carbonyl (C=O) groups excluding carboxylic acids is 1. The maximum atomic E-state index is 13.6. The second-order valence-electron chi connectivity index (χ2n) is 5.58. The molecular weight excluding hydrogens is 273 g/mol. The molecule has 1 heterocycles. The third kappa shape index (κ3) is 3.73. The zero-order chi connectivity index (χ0) is 15.5. The van der Waals surface area contributed by atoms with Crippen LogP contribution in [-0.4, -0.2) is 30.8 Å². The maximum absolute atomic E-state index is 13.6. The van der Waals surface area contributed by atoms with Gasteiger partial charge in [0.25, 0.3) is 0 Å². The fourth-order valence-electron chi connectivity index (χ4n) is 2.79. The Morgan fingerprint density at radius 2 is 2.29 bits per heavy atom. The second kappa shape index (κ2) is 6.43. The van der Waals surface area contributed by atoms with Crippen molar-refractivity contribution in [2.45, 2.75) is 45.3 Å². The Morgan fingerprint density at radius 1 is 1.52 bits per heavy atom. The van der Waals surface area contributed by atoms with Crippen molar-refractivity contribution in [2.75, 3.05) is 18.5 Å². The third-order valence-corrected chi connectivity index (χ3v) is 3.66. The molecule has 1 saturated heterocycles. The summed E-state index contributed by atoms with van der Waals surface area (Å²) in [7, 11) is 0. The summed E-state index contributed by atoms with van der Waals surface area (Å²) in [6, 6.07) is 4.67. The molecule has 116 valence electrons. The van der Waals surface area contributed by atoms with Gasteiger partial charge in [0.15, 0.2) is 0 Å². The molecule has 2 rings (SSSR count). The maximum Gasteiger partial charge on any atom is 0.331 e. The van der Waals surface area contributed by atoms with Crippen LogP contribution in [0.4, 0.5) is 10.1 Å². The minimum absolute atomic E-state index is 0.0506. The van der Waals surface area contributed by atoms with E-state index in [1.807, 2.05) is 19.9 Å². The van der Waals surface area contributed by atoms with E-state index in [2.05, 4.69) is 5.32 Å². The Labute approximate surface area is 124 Å². The van der Waals surface area contributed by atoms with Gasteiger partial charge < -0.3 is 14.8 Å². The van der Waals surface area contributed by atoms with Crippen molar-refractivity contribution in [2.24, 2.45) is 0 Å². The first-order chi connectivity index (χ1) is 9.95. The highest BCUT2D eigenvalue weighted by atomic mass is 19.1. The predicted molar refractivity (Wildman–Crippen MR) is 78.8 cm³/mol. The summed E-state index contributed by atoms with van der Waals surface area (Å²) >= 11 is 0. The molecule has 0 saturated carbocycles. The summed E-state index contributed by atoms with van der Waals surface area (Å²) in [5.74, 6) is -0.626. The SMILES string of the molecule is CCOC(=O)C1(Nc2cc(C)cc(F)c2)CCOC(C)C1. The molecule has 1 aliphatic heterocycles. The number of nitrogens with one attached hydrogen (secondary N) is 1. The van der Waals surface area contributed by atoms with Crippen molar-refractivity contribution in [1.29, 1.82) is 0 Å². The number of anilines is 1. The Morgan fingerprint density at radius 3 is 2.90 bits per heavy atom. The zero-order valence-corrected chi connectivity index (χ0v) is 12.7. The first-order valence-corrected chi connectivity index (χ1v) is 7.29. The first kappa shape index (κ1) is 15.8. The van der Waals surface area contributed by atoms with Gasteiger partial charge in [-0.1, -0.05) is 0 Å². The average Bonchev–Trinajstić information content (AvgIpc) is 2.37. The molecular formula is C16H22FNO3. The quantitative estimate of drug-likeness (QED) is 0.867. The van der Waals surface area contributed by atoms with Gasteiger partial charge in [-0.3, -0.25) is 0 Å². The van der Waals surface area contributed by atoms with Gasteiger partial charge in [-0.15, -0.1) is 0 Å². The Hall–Kier alpha value is -1.62. The topological polar surface area (TPSA) is 47.6 Å². The molecule has 1 N–H and O–H groups in total. The van der Waals surface area contributed by atoms with E-state index in [1.54, 1.807) is 6.92 Å². The highest BCUT2D eigenvalue weighted by Crippen LogP contribution is 2.31. The molecule has 0 spiro atoms. The van der Waals surface area contributed by atoms with Crippen molar-refractivity contribution < 1.29 is 18.7 Å². The van der Waals surface area contributed by atoms with Gasteiger partial charge in [0.1, 0.15) is 11.4 Å². The lowest BCUT2D eigenvalue weighted by Crippen LogP contribution is -2.53. The highest BCUT2D eigenvalue weighted by molar-refractivity contribution is 5.85. The number of hydrogen-bond acceptors (Lipinski definition) is 4. The Kier molecular flexibility index (Phi) is 4.83. The van der Waals surface area contributed by atoms with Crippen LogP contribution in [-0.2, 0) is 14.3 Å². The molecule has 1 fully saturated rings. The molecule has 0 amide bonds. The first-order valence-electron chi connectivity index (χ1n) is 7.29. The summed E-state index contributed by atoms with van der Waals surface area (Å²) in [6.45, 7) is 6.31. The van der Waals surface area contributed by atoms with E-state index in [0.717, 1.165) is 5.56 Å². The third-order valence-electron chi connectivity index (χ3n) is 3.66. The number of rotatable bonds is 4. The molecule has 1 aliphatic rings. The highest BCUT2D eigenvalue weighted by Gasteiger charge is 2.43. The summed E-state index contributed by atoms with van der Waals surface area (Å²) in [5.41, 5.74) is 0.541. The van der Waals surface area contributed by atoms with Crippen LogP contribution >= 0.6 is 0 Å². The van der Waals surface area contributed by atoms with Gasteiger partial charge in [0.05, 0.1) is 12.7 Å². The van der Waals surface area contributed by atoms with Gasteiger partial charge in [-0.05, 0) is 44.5 Å². The van der Waals surface area contributed by atoms with Crippen LogP contribution in [0.2, 0.25) is 0 Å². The lowest BCUT2D eigenvalue weighted by Gasteiger charge is -2.39. The van der Waals surface area contributed by atoms with Crippen molar-refractivity contribution in [3.05, 3.63) is 29.6 Å². The van der Waals surface area contributed by atoms with Gasteiger partial charge >= 0.3 is 5.97 Å². The summed E-state index contributed by atoms with van der Waals surface area (Å²) in [6.07, 6.45) is 0.956. The summed E-state index contributed by atoms with van der Waals surface area (Å²) < 4.78 is 24.3. The summed E-state index contributed by atoms with van der Waals surface area (Å²) in [5, 5.41) is 3.20. The van der Waals surface area contributed by atoms with Crippen LogP contribution in [0.5, 0.6) is 0 Å². The van der Waals surface area contributed by atoms with Gasteiger partial charge in [-0.2, -0.15) is 0 Å². The van der Waals surface area contributed by atoms with Crippen LogP contribution < -0.4 is 5.32 Å². The summed E-state index contributed by atoms with van der Waals surface area (Å²) in [4.78, 5) is 12.4. The molecule has 2 unspecified atom stereocenters. The van der Waals surface area contributed by atoms with Crippen molar-refractivity contribution >= 4 is 11.7 Å². The monoisotopic (exact) mass is 295 g/mol. The van der Waals surface area contributed by atoms with E-state index in [4.69, 9.17) is 9.47 Å². The number of esters is 1. The van der Waals surface area contributed by atoms with Crippen molar-refractivity contribution in [3.8, 4) is 0 Å². The van der Waals surface area contributed by atoms with Crippen LogP contribution in [0.1, 0.15) is 32.3 Å². The largest absolute Gasteiger partial charge is 0.464 e. The van der Waals surface area contributed by atoms with Gasteiger partial charge in [-0.25, -0.2) is 9.18 Å². The van der Waals surface area contributed by atoms with Gasteiger partial charge in [0, 0.05) is 25.1 Å². The molecule has 2 atom stereocenters. The second-order valence-corrected chi connectivity index (χ2v) is 5.58. The molecule has 1 aromatic carbocycles. The predicted octanol–water partition coefficient (Wildman–Crippen LogP) is 3.05. The van der Waals surface area contributed by atoms with E-state index in [9.17, 15) is 9.18 Å². The molecule has 21 heavy (non-hydrogen) atoms. The van der Waals surface area contributed by atoms with E-state index < -0.39 is 5.54 Å². The molecule has 0 bridgehead atoms. The van der Waals surface area contributed by atoms with E-state index >= 15 is 0 Å². The fourth-order valence-corrected chi connectivity index (χ4v) is 2.79. The molecule has 4 nitrogen and oxygen atoms in total. The van der Waals surface area contributed by atoms with Crippen LogP contribution in [0.15, 0.2) is 18.2 Å². The number of carbonyl (C=O) groups is 1. The minimum atomic E-state index is -0.853. The normalized spacial score (nSPS) is 25.4. The van der Waals surface area contributed by atoms with E-state index in [1.165, 1.54) is 12.1 Å². The fraction of sp³-hybridized carbons (Fsp3) is 0.562. The number of halogens is 1. The Balaban J connectivity index is 2.29. The molecule has 0 aliphatic carbocycles. The minimum Gasteiger partial charge on any atom is -0.464 e. The number of hydrogen-bond donors (Lipinski definition) is 1. The van der Waals surface area contributed by atoms with Crippen LogP contribution in [0.25, 0.3) is 0 Å². The van der Waals surface area contributed by atoms with Crippen molar-refractivity contribution in [1.82, 2.24) is 0 Å². The molecule has 5 heteroatoms. The smallest absolute Gasteiger partial charge is 0.331 e. The number of aryl methyl sites for hydroxylation is 1. The number of ether oxygens (including phenoxy) is 2. The van der Waals surface area contributed by atoms with E-state index in [0.29, 0.717) is 31.7 Å². The Bertz CT molecular complexity index is 500. The van der Waals surface area contributed by atoms with Gasteiger partial charge in [0.2, 0.25) is 0 Å². The lowest BCUT2D eigenvalue weighted by atomic mass is 9.86. The van der Waals surface area contributed by atoms with Crippen molar-refractivity contribution in [3.63, 3.8) is 0 Å². The lowest BCUT2D eigenvalue weighted by molar-refractivity contribution is -0.153. The average molecular weight is 295 g/mol. The van der Waals surface area contributed by atoms with Crippen LogP contribution in [0.3, 0.4) is 0 Å².